The van der Waals surface area contributed by atoms with Crippen LogP contribution in [0.2, 0.25) is 0 Å². The summed E-state index contributed by atoms with van der Waals surface area (Å²) in [5.41, 5.74) is 4.54. The molecule has 0 radical (unpaired) electrons. The van der Waals surface area contributed by atoms with Gasteiger partial charge in [-0.3, -0.25) is 4.79 Å². The molecule has 0 fully saturated rings. The van der Waals surface area contributed by atoms with Crippen molar-refractivity contribution in [2.45, 2.75) is 71.6 Å². The van der Waals surface area contributed by atoms with Crippen molar-refractivity contribution in [3.8, 4) is 0 Å². The summed E-state index contributed by atoms with van der Waals surface area (Å²) in [7, 11) is 0. The average molecular weight is 477 g/mol. The van der Waals surface area contributed by atoms with Crippen molar-refractivity contribution in [2.75, 3.05) is 13.2 Å². The van der Waals surface area contributed by atoms with Crippen molar-refractivity contribution in [1.29, 1.82) is 0 Å². The lowest BCUT2D eigenvalue weighted by atomic mass is 10.0. The number of rotatable bonds is 17. The molecule has 2 aromatic rings. The van der Waals surface area contributed by atoms with E-state index in [9.17, 15) is 9.59 Å². The van der Waals surface area contributed by atoms with E-state index in [0.717, 1.165) is 60.8 Å². The first-order chi connectivity index (χ1) is 16.8. The molecule has 4 heteroatoms. The second-order valence-corrected chi connectivity index (χ2v) is 9.24. The largest absolute Gasteiger partial charge is 0.499 e. The van der Waals surface area contributed by atoms with Crippen molar-refractivity contribution in [3.05, 3.63) is 95.3 Å². The molecular formula is C31H40O4. The minimum absolute atomic E-state index is 0.127. The Bertz CT molecular complexity index is 875. The average Bonchev–Trinajstić information content (AvgIpc) is 2.85. The van der Waals surface area contributed by atoms with Gasteiger partial charge in [0.05, 0.1) is 17.9 Å². The van der Waals surface area contributed by atoms with Crippen LogP contribution in [-0.4, -0.2) is 25.0 Å². The van der Waals surface area contributed by atoms with E-state index in [-0.39, 0.29) is 18.4 Å². The molecule has 0 atom stereocenters. The van der Waals surface area contributed by atoms with Crippen molar-refractivity contribution in [1.82, 2.24) is 0 Å². The second kappa shape index (κ2) is 15.7. The van der Waals surface area contributed by atoms with E-state index in [4.69, 9.17) is 9.47 Å². The van der Waals surface area contributed by atoms with Gasteiger partial charge in [-0.15, -0.1) is 0 Å². The van der Waals surface area contributed by atoms with Gasteiger partial charge in [0.25, 0.3) is 0 Å². The zero-order chi connectivity index (χ0) is 25.5. The number of Topliss-reactive ketones (excluding diaryl/α,β-unsaturated/α-hetero) is 1. The Morgan fingerprint density at radius 1 is 0.657 bits per heavy atom. The van der Waals surface area contributed by atoms with E-state index in [1.807, 2.05) is 50.2 Å². The van der Waals surface area contributed by atoms with Crippen LogP contribution in [0, 0.1) is 13.8 Å². The topological polar surface area (TPSA) is 52.6 Å². The zero-order valence-corrected chi connectivity index (χ0v) is 21.4. The zero-order valence-electron chi connectivity index (χ0n) is 21.4. The maximum atomic E-state index is 12.2. The highest BCUT2D eigenvalue weighted by molar-refractivity contribution is 5.96. The predicted octanol–water partition coefficient (Wildman–Crippen LogP) is 7.94. The summed E-state index contributed by atoms with van der Waals surface area (Å²) in [6.07, 6.45) is 8.51. The normalized spacial score (nSPS) is 10.6. The quantitative estimate of drug-likeness (QED) is 0.0764. The van der Waals surface area contributed by atoms with Crippen LogP contribution >= 0.6 is 0 Å². The molecule has 2 rings (SSSR count). The third kappa shape index (κ3) is 11.7. The van der Waals surface area contributed by atoms with E-state index in [2.05, 4.69) is 13.2 Å². The number of hydrogen-bond donors (Lipinski definition) is 0. The lowest BCUT2D eigenvalue weighted by Crippen LogP contribution is -2.07. The van der Waals surface area contributed by atoms with Gasteiger partial charge in [-0.05, 0) is 50.8 Å². The van der Waals surface area contributed by atoms with Gasteiger partial charge in [-0.2, -0.15) is 0 Å². The molecule has 0 unspecified atom stereocenters. The first kappa shape index (κ1) is 28.1. The fourth-order valence-electron chi connectivity index (χ4n) is 3.62. The number of ether oxygens (including phenoxy) is 2. The molecule has 0 aliphatic carbocycles. The second-order valence-electron chi connectivity index (χ2n) is 9.24. The van der Waals surface area contributed by atoms with Gasteiger partial charge < -0.3 is 9.47 Å². The molecule has 0 aromatic heterocycles. The van der Waals surface area contributed by atoms with Crippen LogP contribution in [0.15, 0.2) is 73.0 Å². The van der Waals surface area contributed by atoms with Gasteiger partial charge in [-0.25, -0.2) is 4.79 Å². The minimum Gasteiger partial charge on any atom is -0.499 e. The molecule has 0 heterocycles. The highest BCUT2D eigenvalue weighted by Crippen LogP contribution is 2.14. The molecule has 35 heavy (non-hydrogen) atoms. The molecule has 0 aliphatic rings. The fraction of sp³-hybridized carbons (Fsp3) is 0.419. The minimum atomic E-state index is -0.297. The lowest BCUT2D eigenvalue weighted by molar-refractivity contribution is 0.0537. The summed E-state index contributed by atoms with van der Waals surface area (Å²) in [5, 5.41) is 0. The maximum absolute atomic E-state index is 12.2. The molecule has 2 aromatic carbocycles. The van der Waals surface area contributed by atoms with Crippen LogP contribution in [0.3, 0.4) is 0 Å². The standard InChI is InChI=1S/C31H40O4/c1-24-12-17-28(18-13-24)30(32)21-16-27(4)34-22-10-8-6-5-7-9-11-26(3)23-35-31(33)29-19-14-25(2)15-20-29/h12-15,17-20H,3-11,16,21-23H2,1-2H3. The molecular weight excluding hydrogens is 436 g/mol. The van der Waals surface area contributed by atoms with Crippen molar-refractivity contribution in [2.24, 2.45) is 0 Å². The maximum Gasteiger partial charge on any atom is 0.338 e. The Labute approximate surface area is 211 Å². The number of allylic oxidation sites excluding steroid dienone is 1. The number of esters is 1. The Kier molecular flexibility index (Phi) is 12.6. The van der Waals surface area contributed by atoms with Gasteiger partial charge in [-0.1, -0.05) is 86.4 Å². The van der Waals surface area contributed by atoms with Crippen molar-refractivity contribution >= 4 is 11.8 Å². The highest BCUT2D eigenvalue weighted by atomic mass is 16.5. The number of unbranched alkanes of at least 4 members (excludes halogenated alkanes) is 5. The van der Waals surface area contributed by atoms with E-state index >= 15 is 0 Å². The van der Waals surface area contributed by atoms with Crippen LogP contribution in [0.1, 0.15) is 89.6 Å². The summed E-state index contributed by atoms with van der Waals surface area (Å²) in [5.74, 6) is 0.517. The van der Waals surface area contributed by atoms with E-state index < -0.39 is 0 Å². The van der Waals surface area contributed by atoms with Gasteiger partial charge in [0.1, 0.15) is 6.61 Å². The first-order valence-corrected chi connectivity index (χ1v) is 12.7. The van der Waals surface area contributed by atoms with Crippen LogP contribution in [-0.2, 0) is 9.47 Å². The molecule has 0 bridgehead atoms. The van der Waals surface area contributed by atoms with Crippen LogP contribution in [0.5, 0.6) is 0 Å². The van der Waals surface area contributed by atoms with Gasteiger partial charge >= 0.3 is 5.97 Å². The van der Waals surface area contributed by atoms with Crippen molar-refractivity contribution in [3.63, 3.8) is 0 Å². The Hall–Kier alpha value is -3.14. The number of aryl methyl sites for hydroxylation is 2. The number of ketones is 1. The first-order valence-electron chi connectivity index (χ1n) is 12.7. The predicted molar refractivity (Wildman–Crippen MR) is 143 cm³/mol. The number of hydrogen-bond acceptors (Lipinski definition) is 4. The van der Waals surface area contributed by atoms with Crippen LogP contribution in [0.25, 0.3) is 0 Å². The molecule has 4 nitrogen and oxygen atoms in total. The number of benzene rings is 2. The summed E-state index contributed by atoms with van der Waals surface area (Å²) < 4.78 is 11.0. The Morgan fingerprint density at radius 3 is 1.83 bits per heavy atom. The highest BCUT2D eigenvalue weighted by Gasteiger charge is 2.08. The molecule has 0 saturated carbocycles. The van der Waals surface area contributed by atoms with Crippen LogP contribution in [0.4, 0.5) is 0 Å². The van der Waals surface area contributed by atoms with Crippen LogP contribution < -0.4 is 0 Å². The van der Waals surface area contributed by atoms with Gasteiger partial charge in [0.2, 0.25) is 0 Å². The lowest BCUT2D eigenvalue weighted by Gasteiger charge is -2.09. The fourth-order valence-corrected chi connectivity index (χ4v) is 3.62. The summed E-state index contributed by atoms with van der Waals surface area (Å²) in [4.78, 5) is 24.3. The summed E-state index contributed by atoms with van der Waals surface area (Å²) in [6.45, 7) is 12.9. The molecule has 188 valence electrons. The molecule has 0 saturated heterocycles. The van der Waals surface area contributed by atoms with E-state index in [0.29, 0.717) is 30.8 Å². The monoisotopic (exact) mass is 476 g/mol. The smallest absolute Gasteiger partial charge is 0.338 e. The third-order valence-electron chi connectivity index (χ3n) is 5.93. The van der Waals surface area contributed by atoms with E-state index in [1.165, 1.54) is 6.42 Å². The molecule has 0 aliphatic heterocycles. The number of carbonyl (C=O) groups excluding carboxylic acids is 2. The van der Waals surface area contributed by atoms with Gasteiger partial charge in [0, 0.05) is 18.4 Å². The Morgan fingerprint density at radius 2 is 1.20 bits per heavy atom. The third-order valence-corrected chi connectivity index (χ3v) is 5.93. The summed E-state index contributed by atoms with van der Waals surface area (Å²) >= 11 is 0. The SMILES string of the molecule is C=C(CCCCCCCCOC(=C)CCC(=O)c1ccc(C)cc1)COC(=O)c1ccc(C)cc1. The van der Waals surface area contributed by atoms with Gasteiger partial charge in [0.15, 0.2) is 5.78 Å². The summed E-state index contributed by atoms with van der Waals surface area (Å²) in [6, 6.07) is 15.0. The number of carbonyl (C=O) groups is 2. The Balaban J connectivity index is 1.42. The molecule has 0 amide bonds. The van der Waals surface area contributed by atoms with Crippen molar-refractivity contribution < 1.29 is 19.1 Å². The molecule has 0 spiro atoms. The molecule has 0 N–H and O–H groups in total. The van der Waals surface area contributed by atoms with E-state index in [1.54, 1.807) is 12.1 Å².